The lowest BCUT2D eigenvalue weighted by Crippen LogP contribution is -2.29. The molecule has 0 bridgehead atoms. The lowest BCUT2D eigenvalue weighted by atomic mass is 10.2. The van der Waals surface area contributed by atoms with Crippen LogP contribution in [-0.4, -0.2) is 54.2 Å². The van der Waals surface area contributed by atoms with Crippen LogP contribution in [0.4, 0.5) is 0 Å². The highest BCUT2D eigenvalue weighted by Crippen LogP contribution is 2.25. The van der Waals surface area contributed by atoms with Crippen LogP contribution < -0.4 is 0 Å². The Kier molecular flexibility index (Phi) is 6.11. The van der Waals surface area contributed by atoms with Crippen molar-refractivity contribution >= 4 is 38.3 Å². The minimum atomic E-state index is -3.52. The summed E-state index contributed by atoms with van der Waals surface area (Å²) < 4.78 is 27.8. The summed E-state index contributed by atoms with van der Waals surface area (Å²) >= 11 is 1.64. The van der Waals surface area contributed by atoms with E-state index >= 15 is 0 Å². The summed E-state index contributed by atoms with van der Waals surface area (Å²) in [6, 6.07) is 8.98. The number of rotatable bonds is 7. The molecule has 1 amide bonds. The zero-order chi connectivity index (χ0) is 21.3. The lowest BCUT2D eigenvalue weighted by molar-refractivity contribution is -0.131. The van der Waals surface area contributed by atoms with Gasteiger partial charge in [0.15, 0.2) is 0 Å². The Hall–Kier alpha value is -2.23. The molecule has 0 fully saturated rings. The van der Waals surface area contributed by atoms with E-state index in [1.807, 2.05) is 43.1 Å². The third-order valence-electron chi connectivity index (χ3n) is 5.22. The topological polar surface area (TPSA) is 75.5 Å². The minimum absolute atomic E-state index is 0.0294. The van der Waals surface area contributed by atoms with Gasteiger partial charge in [-0.05, 0) is 36.6 Å². The maximum atomic E-state index is 12.6. The van der Waals surface area contributed by atoms with Gasteiger partial charge < -0.3 is 9.47 Å². The van der Waals surface area contributed by atoms with Gasteiger partial charge in [0, 0.05) is 45.9 Å². The maximum Gasteiger partial charge on any atom is 0.242 e. The molecule has 0 aliphatic carbocycles. The molecule has 0 saturated heterocycles. The van der Waals surface area contributed by atoms with E-state index in [2.05, 4.69) is 4.98 Å². The van der Waals surface area contributed by atoms with Gasteiger partial charge in [-0.25, -0.2) is 17.7 Å². The molecule has 0 radical (unpaired) electrons. The van der Waals surface area contributed by atoms with Gasteiger partial charge in [-0.2, -0.15) is 0 Å². The first kappa shape index (κ1) is 21.5. The van der Waals surface area contributed by atoms with Gasteiger partial charge in [0.05, 0.1) is 22.0 Å². The number of nitrogens with zero attached hydrogens (tertiary/aromatic N) is 4. The molecule has 7 nitrogen and oxygen atoms in total. The number of benzene rings is 1. The van der Waals surface area contributed by atoms with Crippen LogP contribution in [0.2, 0.25) is 0 Å². The molecular weight excluding hydrogens is 408 g/mol. The van der Waals surface area contributed by atoms with Gasteiger partial charge in [0.1, 0.15) is 5.82 Å². The predicted molar refractivity (Wildman–Crippen MR) is 115 cm³/mol. The van der Waals surface area contributed by atoms with Crippen LogP contribution in [0.5, 0.6) is 0 Å². The molecule has 0 N–H and O–H groups in total. The normalized spacial score (nSPS) is 13.2. The molecule has 29 heavy (non-hydrogen) atoms. The fourth-order valence-corrected chi connectivity index (χ4v) is 4.90. The highest BCUT2D eigenvalue weighted by atomic mass is 32.2. The summed E-state index contributed by atoms with van der Waals surface area (Å²) in [5.41, 5.74) is 1.45. The molecule has 1 aromatic carbocycles. The van der Waals surface area contributed by atoms with E-state index in [4.69, 9.17) is 0 Å². The first-order chi connectivity index (χ1) is 13.6. The smallest absolute Gasteiger partial charge is 0.242 e. The predicted octanol–water partition coefficient (Wildman–Crippen LogP) is 3.04. The molecule has 1 atom stereocenters. The van der Waals surface area contributed by atoms with Gasteiger partial charge in [0.25, 0.3) is 0 Å². The molecule has 0 aliphatic rings. The second kappa shape index (κ2) is 8.25. The fourth-order valence-electron chi connectivity index (χ4n) is 3.16. The summed E-state index contributed by atoms with van der Waals surface area (Å²) in [5, 5.41) is 2.01. The molecule has 156 valence electrons. The summed E-state index contributed by atoms with van der Waals surface area (Å²) in [4.78, 5) is 20.4. The van der Waals surface area contributed by atoms with Gasteiger partial charge in [-0.1, -0.05) is 6.07 Å². The Labute approximate surface area is 175 Å². The molecule has 3 aromatic rings. The number of sulfonamides is 1. The molecule has 0 spiro atoms. The number of carbonyl (C=O) groups excluding carboxylic acids is 1. The van der Waals surface area contributed by atoms with Crippen molar-refractivity contribution in [2.75, 3.05) is 21.1 Å². The van der Waals surface area contributed by atoms with Gasteiger partial charge in [0.2, 0.25) is 15.9 Å². The molecule has 2 heterocycles. The second-order valence-electron chi connectivity index (χ2n) is 7.22. The number of hydrogen-bond acceptors (Lipinski definition) is 5. The van der Waals surface area contributed by atoms with Crippen LogP contribution in [0.15, 0.2) is 40.6 Å². The van der Waals surface area contributed by atoms with E-state index in [-0.39, 0.29) is 16.8 Å². The summed E-state index contributed by atoms with van der Waals surface area (Å²) in [5.74, 6) is 0.804. The van der Waals surface area contributed by atoms with Crippen molar-refractivity contribution in [3.05, 3.63) is 46.4 Å². The molecular formula is C20H26N4O3S2. The third-order valence-corrected chi connectivity index (χ3v) is 8.07. The van der Waals surface area contributed by atoms with Gasteiger partial charge in [-0.15, -0.1) is 11.3 Å². The van der Waals surface area contributed by atoms with Gasteiger partial charge in [-0.3, -0.25) is 4.79 Å². The monoisotopic (exact) mass is 434 g/mol. The van der Waals surface area contributed by atoms with Crippen molar-refractivity contribution < 1.29 is 13.2 Å². The molecule has 9 heteroatoms. The average molecular weight is 435 g/mol. The molecule has 2 aromatic heterocycles. The first-order valence-electron chi connectivity index (χ1n) is 9.30. The van der Waals surface area contributed by atoms with E-state index in [9.17, 15) is 13.2 Å². The third kappa shape index (κ3) is 4.22. The molecule has 0 saturated carbocycles. The van der Waals surface area contributed by atoms with Crippen LogP contribution in [-0.2, 0) is 28.3 Å². The van der Waals surface area contributed by atoms with E-state index in [1.165, 1.54) is 18.4 Å². The van der Waals surface area contributed by atoms with Crippen LogP contribution >= 0.6 is 11.3 Å². The largest absolute Gasteiger partial charge is 0.338 e. The number of amides is 1. The Bertz CT molecular complexity index is 1120. The Morgan fingerprint density at radius 3 is 2.59 bits per heavy atom. The van der Waals surface area contributed by atoms with E-state index in [1.54, 1.807) is 34.4 Å². The van der Waals surface area contributed by atoms with Crippen molar-refractivity contribution in [2.24, 2.45) is 7.05 Å². The molecule has 1 unspecified atom stereocenters. The number of carbonyl (C=O) groups is 1. The highest BCUT2D eigenvalue weighted by Gasteiger charge is 2.21. The summed E-state index contributed by atoms with van der Waals surface area (Å²) in [7, 11) is 3.19. The van der Waals surface area contributed by atoms with Crippen LogP contribution in [0.3, 0.4) is 0 Å². The van der Waals surface area contributed by atoms with E-state index < -0.39 is 10.0 Å². The summed E-state index contributed by atoms with van der Waals surface area (Å²) in [6.45, 7) is 2.02. The first-order valence-corrected chi connectivity index (χ1v) is 11.6. The number of aryl methyl sites for hydroxylation is 2. The zero-order valence-corrected chi connectivity index (χ0v) is 18.9. The van der Waals surface area contributed by atoms with Crippen molar-refractivity contribution in [2.45, 2.75) is 30.7 Å². The number of fused-ring (bicyclic) bond motifs is 1. The molecule has 0 aliphatic heterocycles. The Morgan fingerprint density at radius 1 is 1.24 bits per heavy atom. The van der Waals surface area contributed by atoms with Crippen molar-refractivity contribution in [3.63, 3.8) is 0 Å². The van der Waals surface area contributed by atoms with Crippen molar-refractivity contribution in [1.82, 2.24) is 18.8 Å². The summed E-state index contributed by atoms with van der Waals surface area (Å²) in [6.07, 6.45) is 0.827. The second-order valence-corrected chi connectivity index (χ2v) is 10.4. The minimum Gasteiger partial charge on any atom is -0.338 e. The fraction of sp³-hybridized carbons (Fsp3) is 0.400. The SMILES string of the molecule is CC(c1cccs1)N(C)C(=O)CCc1nc2cc(S(=O)(=O)N(C)C)ccc2n1C. The Morgan fingerprint density at radius 2 is 1.97 bits per heavy atom. The number of imidazole rings is 1. The average Bonchev–Trinajstić information content (AvgIpc) is 3.33. The van der Waals surface area contributed by atoms with E-state index in [0.717, 1.165) is 16.2 Å². The molecule has 3 rings (SSSR count). The van der Waals surface area contributed by atoms with Crippen molar-refractivity contribution in [1.29, 1.82) is 0 Å². The Balaban J connectivity index is 1.76. The lowest BCUT2D eigenvalue weighted by Gasteiger charge is -2.24. The van der Waals surface area contributed by atoms with Crippen LogP contribution in [0.1, 0.15) is 30.1 Å². The maximum absolute atomic E-state index is 12.6. The number of aromatic nitrogens is 2. The van der Waals surface area contributed by atoms with Crippen LogP contribution in [0.25, 0.3) is 11.0 Å². The zero-order valence-electron chi connectivity index (χ0n) is 17.3. The van der Waals surface area contributed by atoms with Crippen molar-refractivity contribution in [3.8, 4) is 0 Å². The quantitative estimate of drug-likeness (QED) is 0.573. The number of hydrogen-bond donors (Lipinski definition) is 0. The standard InChI is InChI=1S/C20H26N4O3S2/c1-14(18-7-6-12-28-18)23(4)20(25)11-10-19-21-16-13-15(29(26,27)22(2)3)8-9-17(16)24(19)5/h6-9,12-14H,10-11H2,1-5H3. The highest BCUT2D eigenvalue weighted by molar-refractivity contribution is 7.89. The van der Waals surface area contributed by atoms with Gasteiger partial charge >= 0.3 is 0 Å². The van der Waals surface area contributed by atoms with E-state index in [0.29, 0.717) is 18.4 Å². The van der Waals surface area contributed by atoms with Crippen LogP contribution in [0, 0.1) is 0 Å². The number of thiophene rings is 1.